The Kier molecular flexibility index (Phi) is 4.48. The molecular weight excluding hydrogens is 293 g/mol. The highest BCUT2D eigenvalue weighted by molar-refractivity contribution is 6.31. The summed E-state index contributed by atoms with van der Waals surface area (Å²) in [6.45, 7) is 1.83. The normalized spacial score (nSPS) is 12.0. The summed E-state index contributed by atoms with van der Waals surface area (Å²) in [4.78, 5) is 13.8. The second-order valence-corrected chi connectivity index (χ2v) is 5.24. The minimum absolute atomic E-state index is 0.0596. The number of rotatable bonds is 3. The molecule has 0 aliphatic carbocycles. The number of halogens is 2. The molecule has 0 fully saturated rings. The van der Waals surface area contributed by atoms with Crippen molar-refractivity contribution in [2.75, 3.05) is 7.05 Å². The Morgan fingerprint density at radius 3 is 2.48 bits per heavy atom. The fourth-order valence-electron chi connectivity index (χ4n) is 2.00. The van der Waals surface area contributed by atoms with Crippen molar-refractivity contribution in [2.24, 2.45) is 0 Å². The lowest BCUT2D eigenvalue weighted by Gasteiger charge is -2.25. The summed E-state index contributed by atoms with van der Waals surface area (Å²) >= 11 is 5.81. The number of phenolic OH excluding ortho intramolecular Hbond substituents is 1. The summed E-state index contributed by atoms with van der Waals surface area (Å²) < 4.78 is 13.8. The maximum Gasteiger partial charge on any atom is 0.257 e. The van der Waals surface area contributed by atoms with Crippen molar-refractivity contribution in [3.63, 3.8) is 0 Å². The largest absolute Gasteiger partial charge is 0.508 e. The van der Waals surface area contributed by atoms with E-state index < -0.39 is 11.7 Å². The average molecular weight is 308 g/mol. The number of carbonyl (C=O) groups is 1. The van der Waals surface area contributed by atoms with Crippen LogP contribution in [0.5, 0.6) is 5.75 Å². The van der Waals surface area contributed by atoms with Crippen LogP contribution in [0.25, 0.3) is 0 Å². The fourth-order valence-corrected chi connectivity index (χ4v) is 2.18. The minimum Gasteiger partial charge on any atom is -0.508 e. The predicted octanol–water partition coefficient (Wildman–Crippen LogP) is 4.02. The highest BCUT2D eigenvalue weighted by Gasteiger charge is 2.21. The highest BCUT2D eigenvalue weighted by atomic mass is 35.5. The molecule has 1 N–H and O–H groups in total. The lowest BCUT2D eigenvalue weighted by Crippen LogP contribution is -2.30. The third-order valence-corrected chi connectivity index (χ3v) is 3.67. The number of nitrogens with zero attached hydrogens (tertiary/aromatic N) is 1. The topological polar surface area (TPSA) is 40.5 Å². The van der Waals surface area contributed by atoms with E-state index in [-0.39, 0.29) is 17.4 Å². The van der Waals surface area contributed by atoms with Crippen LogP contribution in [0.3, 0.4) is 0 Å². The van der Waals surface area contributed by atoms with Crippen LogP contribution < -0.4 is 0 Å². The molecule has 2 aromatic carbocycles. The molecule has 1 unspecified atom stereocenters. The minimum atomic E-state index is -0.603. The predicted molar refractivity (Wildman–Crippen MR) is 80.0 cm³/mol. The average Bonchev–Trinajstić information content (AvgIpc) is 2.48. The zero-order valence-corrected chi connectivity index (χ0v) is 12.4. The number of amides is 1. The molecule has 0 radical (unpaired) electrons. The summed E-state index contributed by atoms with van der Waals surface area (Å²) in [6.07, 6.45) is 0. The van der Waals surface area contributed by atoms with Gasteiger partial charge in [-0.2, -0.15) is 0 Å². The smallest absolute Gasteiger partial charge is 0.257 e. The molecule has 0 aliphatic heterocycles. The van der Waals surface area contributed by atoms with Gasteiger partial charge >= 0.3 is 0 Å². The maximum absolute atomic E-state index is 13.8. The van der Waals surface area contributed by atoms with Crippen molar-refractivity contribution in [3.8, 4) is 5.75 Å². The molecule has 2 aromatic rings. The number of benzene rings is 2. The van der Waals surface area contributed by atoms with Crippen LogP contribution in [0.4, 0.5) is 4.39 Å². The molecule has 2 rings (SSSR count). The molecule has 110 valence electrons. The number of hydrogen-bond donors (Lipinski definition) is 1. The molecule has 0 bridgehead atoms. The van der Waals surface area contributed by atoms with Crippen LogP contribution in [-0.2, 0) is 0 Å². The second-order valence-electron chi connectivity index (χ2n) is 4.81. The van der Waals surface area contributed by atoms with Gasteiger partial charge in [0.1, 0.15) is 11.6 Å². The maximum atomic E-state index is 13.8. The molecule has 3 nitrogen and oxygen atoms in total. The van der Waals surface area contributed by atoms with Gasteiger partial charge in [-0.05, 0) is 42.8 Å². The second kappa shape index (κ2) is 6.14. The molecule has 5 heteroatoms. The first-order valence-corrected chi connectivity index (χ1v) is 6.79. The third kappa shape index (κ3) is 3.34. The van der Waals surface area contributed by atoms with Crippen molar-refractivity contribution < 1.29 is 14.3 Å². The van der Waals surface area contributed by atoms with Gasteiger partial charge < -0.3 is 10.0 Å². The summed E-state index contributed by atoms with van der Waals surface area (Å²) in [6, 6.07) is 10.2. The Morgan fingerprint density at radius 2 is 1.86 bits per heavy atom. The SMILES string of the molecule is CC(c1ccc(O)cc1)N(C)C(=O)c1cc(Cl)ccc1F. The van der Waals surface area contributed by atoms with Crippen LogP contribution >= 0.6 is 11.6 Å². The van der Waals surface area contributed by atoms with Crippen LogP contribution in [0.1, 0.15) is 28.9 Å². The Balaban J connectivity index is 2.26. The first kappa shape index (κ1) is 15.3. The van der Waals surface area contributed by atoms with Gasteiger partial charge in [0.25, 0.3) is 5.91 Å². The molecule has 0 heterocycles. The molecule has 0 aliphatic rings. The van der Waals surface area contributed by atoms with E-state index in [0.717, 1.165) is 5.56 Å². The van der Waals surface area contributed by atoms with Gasteiger partial charge in [-0.3, -0.25) is 4.79 Å². The van der Waals surface area contributed by atoms with E-state index in [1.807, 2.05) is 6.92 Å². The summed E-state index contributed by atoms with van der Waals surface area (Å²) in [5.74, 6) is -0.898. The van der Waals surface area contributed by atoms with Gasteiger partial charge in [0.2, 0.25) is 0 Å². The van der Waals surface area contributed by atoms with Crippen molar-refractivity contribution in [1.82, 2.24) is 4.90 Å². The van der Waals surface area contributed by atoms with Gasteiger partial charge in [-0.25, -0.2) is 4.39 Å². The molecule has 21 heavy (non-hydrogen) atoms. The van der Waals surface area contributed by atoms with Crippen LogP contribution in [0, 0.1) is 5.82 Å². The molecule has 0 saturated heterocycles. The molecular formula is C16H15ClFNO2. The van der Waals surface area contributed by atoms with Gasteiger partial charge in [-0.1, -0.05) is 23.7 Å². The monoisotopic (exact) mass is 307 g/mol. The van der Waals surface area contributed by atoms with E-state index in [2.05, 4.69) is 0 Å². The summed E-state index contributed by atoms with van der Waals surface area (Å²) in [7, 11) is 1.60. The summed E-state index contributed by atoms with van der Waals surface area (Å²) in [5, 5.41) is 9.60. The molecule has 0 aromatic heterocycles. The van der Waals surface area contributed by atoms with E-state index in [9.17, 15) is 14.3 Å². The first-order chi connectivity index (χ1) is 9.90. The number of phenols is 1. The third-order valence-electron chi connectivity index (χ3n) is 3.44. The number of aromatic hydroxyl groups is 1. The number of hydrogen-bond acceptors (Lipinski definition) is 2. The summed E-state index contributed by atoms with van der Waals surface area (Å²) in [5.41, 5.74) is 0.779. The van der Waals surface area contributed by atoms with Crippen LogP contribution in [-0.4, -0.2) is 23.0 Å². The molecule has 0 spiro atoms. The van der Waals surface area contributed by atoms with Crippen molar-refractivity contribution in [1.29, 1.82) is 0 Å². The zero-order chi connectivity index (χ0) is 15.6. The molecule has 1 amide bonds. The van der Waals surface area contributed by atoms with Crippen molar-refractivity contribution >= 4 is 17.5 Å². The van der Waals surface area contributed by atoms with Gasteiger partial charge in [0, 0.05) is 12.1 Å². The van der Waals surface area contributed by atoms with Crippen molar-refractivity contribution in [2.45, 2.75) is 13.0 Å². The van der Waals surface area contributed by atoms with E-state index >= 15 is 0 Å². The Morgan fingerprint density at radius 1 is 1.24 bits per heavy atom. The Hall–Kier alpha value is -2.07. The fraction of sp³-hybridized carbons (Fsp3) is 0.188. The lowest BCUT2D eigenvalue weighted by atomic mass is 10.1. The van der Waals surface area contributed by atoms with Crippen molar-refractivity contribution in [3.05, 3.63) is 64.4 Å². The van der Waals surface area contributed by atoms with Crippen LogP contribution in [0.15, 0.2) is 42.5 Å². The Bertz CT molecular complexity index is 658. The molecule has 1 atom stereocenters. The first-order valence-electron chi connectivity index (χ1n) is 6.41. The lowest BCUT2D eigenvalue weighted by molar-refractivity contribution is 0.0738. The van der Waals surface area contributed by atoms with E-state index in [1.54, 1.807) is 31.3 Å². The zero-order valence-electron chi connectivity index (χ0n) is 11.7. The van der Waals surface area contributed by atoms with Gasteiger partial charge in [-0.15, -0.1) is 0 Å². The van der Waals surface area contributed by atoms with E-state index in [4.69, 9.17) is 11.6 Å². The Labute approximate surface area is 127 Å². The number of carbonyl (C=O) groups excluding carboxylic acids is 1. The van der Waals surface area contributed by atoms with Gasteiger partial charge in [0.15, 0.2) is 0 Å². The van der Waals surface area contributed by atoms with Gasteiger partial charge in [0.05, 0.1) is 11.6 Å². The standard InChI is InChI=1S/C16H15ClFNO2/c1-10(11-3-6-13(20)7-4-11)19(2)16(21)14-9-12(17)5-8-15(14)18/h3-10,20H,1-2H3. The highest BCUT2D eigenvalue weighted by Crippen LogP contribution is 2.24. The molecule has 0 saturated carbocycles. The van der Waals surface area contributed by atoms with E-state index in [0.29, 0.717) is 5.02 Å². The quantitative estimate of drug-likeness (QED) is 0.930. The van der Waals surface area contributed by atoms with Crippen LogP contribution in [0.2, 0.25) is 5.02 Å². The van der Waals surface area contributed by atoms with E-state index in [1.165, 1.54) is 23.1 Å².